The molecule has 130 valence electrons. The Balaban J connectivity index is 1.80. The van der Waals surface area contributed by atoms with Crippen molar-refractivity contribution in [2.24, 2.45) is 0 Å². The van der Waals surface area contributed by atoms with E-state index in [0.717, 1.165) is 30.4 Å². The van der Waals surface area contributed by atoms with Gasteiger partial charge >= 0.3 is 11.8 Å². The maximum atomic E-state index is 12.9. The Morgan fingerprint density at radius 1 is 1.16 bits per heavy atom. The maximum absolute atomic E-state index is 12.9. The van der Waals surface area contributed by atoms with Crippen LogP contribution in [0.3, 0.4) is 0 Å². The minimum Gasteiger partial charge on any atom is -0.325 e. The smallest absolute Gasteiger partial charge is 0.313 e. The Hall–Kier alpha value is -2.69. The third-order valence-electron chi connectivity index (χ3n) is 4.66. The fourth-order valence-corrected chi connectivity index (χ4v) is 3.46. The van der Waals surface area contributed by atoms with Crippen LogP contribution in [0.25, 0.3) is 0 Å². The van der Waals surface area contributed by atoms with Crippen LogP contribution < -0.4 is 5.32 Å². The lowest BCUT2D eigenvalue weighted by Crippen LogP contribution is -2.48. The number of pyridine rings is 1. The first-order valence-corrected chi connectivity index (χ1v) is 8.66. The zero-order chi connectivity index (χ0) is 17.8. The van der Waals surface area contributed by atoms with Gasteiger partial charge in [-0.3, -0.25) is 14.6 Å². The fourth-order valence-electron chi connectivity index (χ4n) is 3.46. The largest absolute Gasteiger partial charge is 0.325 e. The number of rotatable bonds is 2. The number of amides is 2. The van der Waals surface area contributed by atoms with E-state index in [1.807, 2.05) is 44.2 Å². The van der Waals surface area contributed by atoms with Crippen molar-refractivity contribution in [1.82, 2.24) is 9.88 Å². The summed E-state index contributed by atoms with van der Waals surface area (Å²) in [5.74, 6) is -1.09. The second kappa shape index (κ2) is 7.47. The number of likely N-dealkylation sites (tertiary alicyclic amines) is 1. The molecule has 1 aliphatic heterocycles. The van der Waals surface area contributed by atoms with Gasteiger partial charge in [-0.05, 0) is 50.3 Å². The molecule has 2 aromatic rings. The molecule has 0 unspecified atom stereocenters. The Kier molecular flexibility index (Phi) is 5.12. The Bertz CT molecular complexity index is 761. The normalized spacial score (nSPS) is 20.2. The molecule has 1 fully saturated rings. The van der Waals surface area contributed by atoms with Crippen LogP contribution in [0.15, 0.2) is 48.8 Å². The van der Waals surface area contributed by atoms with E-state index in [-0.39, 0.29) is 12.1 Å². The van der Waals surface area contributed by atoms with Gasteiger partial charge in [-0.25, -0.2) is 0 Å². The van der Waals surface area contributed by atoms with E-state index in [1.54, 1.807) is 23.4 Å². The summed E-state index contributed by atoms with van der Waals surface area (Å²) in [6.45, 7) is 3.90. The first-order chi connectivity index (χ1) is 12.1. The van der Waals surface area contributed by atoms with Crippen molar-refractivity contribution < 1.29 is 9.59 Å². The number of carbonyl (C=O) groups is 2. The molecular weight excluding hydrogens is 314 g/mol. The zero-order valence-corrected chi connectivity index (χ0v) is 14.6. The van der Waals surface area contributed by atoms with Crippen LogP contribution in [0.1, 0.15) is 43.4 Å². The van der Waals surface area contributed by atoms with Gasteiger partial charge in [-0.2, -0.15) is 0 Å². The van der Waals surface area contributed by atoms with Crippen molar-refractivity contribution in [3.05, 3.63) is 59.9 Å². The minimum absolute atomic E-state index is 0.0350. The van der Waals surface area contributed by atoms with Gasteiger partial charge in [-0.15, -0.1) is 0 Å². The van der Waals surface area contributed by atoms with Crippen molar-refractivity contribution in [2.75, 3.05) is 5.32 Å². The molecular formula is C20H23N3O2. The zero-order valence-electron chi connectivity index (χ0n) is 14.6. The van der Waals surface area contributed by atoms with Crippen molar-refractivity contribution >= 4 is 17.5 Å². The summed E-state index contributed by atoms with van der Waals surface area (Å²) in [5, 5.41) is 2.68. The number of hydrogen-bond donors (Lipinski definition) is 1. The number of carbonyl (C=O) groups excluding carboxylic acids is 2. The maximum Gasteiger partial charge on any atom is 0.313 e. The van der Waals surface area contributed by atoms with Gasteiger partial charge in [0.05, 0.1) is 17.9 Å². The fraction of sp³-hybridized carbons (Fsp3) is 0.350. The highest BCUT2D eigenvalue weighted by atomic mass is 16.2. The molecule has 5 nitrogen and oxygen atoms in total. The van der Waals surface area contributed by atoms with Gasteiger partial charge in [0.25, 0.3) is 0 Å². The summed E-state index contributed by atoms with van der Waals surface area (Å²) in [6.07, 6.45) is 6.09. The molecule has 1 saturated heterocycles. The lowest BCUT2D eigenvalue weighted by molar-refractivity contribution is -0.148. The van der Waals surface area contributed by atoms with Crippen LogP contribution >= 0.6 is 0 Å². The first-order valence-electron chi connectivity index (χ1n) is 8.66. The van der Waals surface area contributed by atoms with Crippen LogP contribution in [0.2, 0.25) is 0 Å². The lowest BCUT2D eigenvalue weighted by Gasteiger charge is -2.40. The summed E-state index contributed by atoms with van der Waals surface area (Å²) in [5.41, 5.74) is 2.55. The van der Waals surface area contributed by atoms with E-state index in [0.29, 0.717) is 5.69 Å². The third-order valence-corrected chi connectivity index (χ3v) is 4.66. The molecule has 2 atom stereocenters. The molecule has 0 bridgehead atoms. The molecule has 0 saturated carbocycles. The van der Waals surface area contributed by atoms with Gasteiger partial charge in [0, 0.05) is 12.2 Å². The van der Waals surface area contributed by atoms with Gasteiger partial charge in [0.15, 0.2) is 0 Å². The summed E-state index contributed by atoms with van der Waals surface area (Å²) in [7, 11) is 0. The van der Waals surface area contributed by atoms with E-state index in [1.165, 1.54) is 0 Å². The van der Waals surface area contributed by atoms with Crippen molar-refractivity contribution in [3.8, 4) is 0 Å². The molecule has 5 heteroatoms. The van der Waals surface area contributed by atoms with Gasteiger partial charge in [0.1, 0.15) is 0 Å². The monoisotopic (exact) mass is 337 g/mol. The standard InChI is InChI=1S/C20H23N3O2/c1-14-11-17(13-21-12-14)22-19(24)20(25)23-15(2)7-6-10-18(23)16-8-4-3-5-9-16/h3-5,8-9,11-13,15,18H,6-7,10H2,1-2H3,(H,22,24)/t15-,18-/m0/s1. The van der Waals surface area contributed by atoms with Gasteiger partial charge in [-0.1, -0.05) is 30.3 Å². The number of hydrogen-bond acceptors (Lipinski definition) is 3. The minimum atomic E-state index is -0.609. The van der Waals surface area contributed by atoms with E-state index in [9.17, 15) is 9.59 Å². The second-order valence-corrected chi connectivity index (χ2v) is 6.62. The lowest BCUT2D eigenvalue weighted by atomic mass is 9.91. The number of anilines is 1. The van der Waals surface area contributed by atoms with E-state index < -0.39 is 11.8 Å². The molecule has 25 heavy (non-hydrogen) atoms. The van der Waals surface area contributed by atoms with E-state index >= 15 is 0 Å². The summed E-state index contributed by atoms with van der Waals surface area (Å²) in [6, 6.07) is 11.7. The molecule has 0 radical (unpaired) electrons. The van der Waals surface area contributed by atoms with Crippen LogP contribution in [0, 0.1) is 6.92 Å². The number of aryl methyl sites for hydroxylation is 1. The molecule has 1 N–H and O–H groups in total. The average molecular weight is 337 g/mol. The summed E-state index contributed by atoms with van der Waals surface area (Å²) < 4.78 is 0. The quantitative estimate of drug-likeness (QED) is 0.854. The number of aromatic nitrogens is 1. The van der Waals surface area contributed by atoms with Crippen molar-refractivity contribution in [3.63, 3.8) is 0 Å². The highest BCUT2D eigenvalue weighted by Gasteiger charge is 2.35. The van der Waals surface area contributed by atoms with Crippen molar-refractivity contribution in [1.29, 1.82) is 0 Å². The summed E-state index contributed by atoms with van der Waals surface area (Å²) >= 11 is 0. The Morgan fingerprint density at radius 2 is 1.92 bits per heavy atom. The van der Waals surface area contributed by atoms with Gasteiger partial charge < -0.3 is 10.2 Å². The Morgan fingerprint density at radius 3 is 2.64 bits per heavy atom. The molecule has 0 spiro atoms. The SMILES string of the molecule is Cc1cncc(NC(=O)C(=O)N2[C@@H](C)CCC[C@H]2c2ccccc2)c1. The molecule has 1 aromatic carbocycles. The number of nitrogens with one attached hydrogen (secondary N) is 1. The molecule has 1 aliphatic rings. The third kappa shape index (κ3) is 3.87. The topological polar surface area (TPSA) is 62.3 Å². The molecule has 2 heterocycles. The average Bonchev–Trinajstić information content (AvgIpc) is 2.61. The predicted molar refractivity (Wildman–Crippen MR) is 96.9 cm³/mol. The molecule has 2 amide bonds. The highest BCUT2D eigenvalue weighted by Crippen LogP contribution is 2.34. The molecule has 1 aromatic heterocycles. The van der Waals surface area contributed by atoms with Crippen molar-refractivity contribution in [2.45, 2.75) is 45.2 Å². The van der Waals surface area contributed by atoms with Crippen LogP contribution in [-0.4, -0.2) is 27.7 Å². The molecule has 3 rings (SSSR count). The van der Waals surface area contributed by atoms with E-state index in [2.05, 4.69) is 10.3 Å². The van der Waals surface area contributed by atoms with Crippen LogP contribution in [0.5, 0.6) is 0 Å². The summed E-state index contributed by atoms with van der Waals surface area (Å²) in [4.78, 5) is 31.2. The highest BCUT2D eigenvalue weighted by molar-refractivity contribution is 6.39. The predicted octanol–water partition coefficient (Wildman–Crippen LogP) is 3.47. The van der Waals surface area contributed by atoms with Crippen LogP contribution in [0.4, 0.5) is 5.69 Å². The van der Waals surface area contributed by atoms with Crippen LogP contribution in [-0.2, 0) is 9.59 Å². The number of benzene rings is 1. The second-order valence-electron chi connectivity index (χ2n) is 6.62. The first kappa shape index (κ1) is 17.1. The number of nitrogens with zero attached hydrogens (tertiary/aromatic N) is 2. The Labute approximate surface area is 148 Å². The van der Waals surface area contributed by atoms with Gasteiger partial charge in [0.2, 0.25) is 0 Å². The number of piperidine rings is 1. The van der Waals surface area contributed by atoms with E-state index in [4.69, 9.17) is 0 Å². The molecule has 0 aliphatic carbocycles.